The van der Waals surface area contributed by atoms with Gasteiger partial charge in [-0.3, -0.25) is 5.32 Å². The van der Waals surface area contributed by atoms with E-state index in [1.165, 1.54) is 16.9 Å². The van der Waals surface area contributed by atoms with Crippen molar-refractivity contribution in [2.75, 3.05) is 17.2 Å². The molecule has 0 bridgehead atoms. The molecule has 2 N–H and O–H groups in total. The van der Waals surface area contributed by atoms with E-state index in [0.29, 0.717) is 29.0 Å². The monoisotopic (exact) mass is 398 g/mol. The highest BCUT2D eigenvalue weighted by molar-refractivity contribution is 7.15. The summed E-state index contributed by atoms with van der Waals surface area (Å²) in [7, 11) is 0. The smallest absolute Gasteiger partial charge is 0.325 e. The second-order valence-corrected chi connectivity index (χ2v) is 7.09. The van der Waals surface area contributed by atoms with E-state index in [9.17, 15) is 4.79 Å². The lowest BCUT2D eigenvalue weighted by atomic mass is 10.1. The number of aryl methyl sites for hydroxylation is 1. The van der Waals surface area contributed by atoms with Crippen molar-refractivity contribution < 1.29 is 14.3 Å². The number of amides is 2. The summed E-state index contributed by atoms with van der Waals surface area (Å²) in [4.78, 5) is 12.1. The average molecular weight is 398 g/mol. The molecule has 7 nitrogen and oxygen atoms in total. The zero-order chi connectivity index (χ0) is 19.9. The molecule has 1 aromatic heterocycles. The summed E-state index contributed by atoms with van der Waals surface area (Å²) in [5.74, 6) is 1.57. The van der Waals surface area contributed by atoms with Crippen molar-refractivity contribution in [3.05, 3.63) is 58.6 Å². The van der Waals surface area contributed by atoms with Gasteiger partial charge in [-0.2, -0.15) is 0 Å². The number of carbonyl (C=O) groups excluding carboxylic acids is 1. The molecule has 3 rings (SSSR count). The van der Waals surface area contributed by atoms with Crippen LogP contribution in [0.3, 0.4) is 0 Å². The first-order valence-corrected chi connectivity index (χ1v) is 9.69. The van der Waals surface area contributed by atoms with Gasteiger partial charge in [0.05, 0.1) is 6.61 Å². The van der Waals surface area contributed by atoms with E-state index >= 15 is 0 Å². The Labute approximate surface area is 167 Å². The van der Waals surface area contributed by atoms with Crippen molar-refractivity contribution in [1.82, 2.24) is 10.2 Å². The summed E-state index contributed by atoms with van der Waals surface area (Å²) < 4.78 is 11.2. The van der Waals surface area contributed by atoms with Crippen LogP contribution in [0.15, 0.2) is 42.5 Å². The highest BCUT2D eigenvalue weighted by Gasteiger charge is 2.10. The number of carbonyl (C=O) groups is 1. The van der Waals surface area contributed by atoms with Gasteiger partial charge in [-0.25, -0.2) is 4.79 Å². The Hall–Kier alpha value is -3.13. The van der Waals surface area contributed by atoms with E-state index in [0.717, 1.165) is 17.1 Å². The molecule has 0 fully saturated rings. The topological polar surface area (TPSA) is 85.4 Å². The number of anilines is 2. The number of rotatable bonds is 7. The van der Waals surface area contributed by atoms with Crippen LogP contribution in [0.1, 0.15) is 23.1 Å². The molecule has 28 heavy (non-hydrogen) atoms. The summed E-state index contributed by atoms with van der Waals surface area (Å²) in [5.41, 5.74) is 2.92. The van der Waals surface area contributed by atoms with Gasteiger partial charge in [0, 0.05) is 5.69 Å². The Morgan fingerprint density at radius 1 is 1.04 bits per heavy atom. The molecule has 0 saturated heterocycles. The van der Waals surface area contributed by atoms with Crippen molar-refractivity contribution in [2.45, 2.75) is 27.4 Å². The molecule has 3 aromatic rings. The van der Waals surface area contributed by atoms with Crippen molar-refractivity contribution in [2.24, 2.45) is 0 Å². The highest BCUT2D eigenvalue weighted by atomic mass is 32.1. The number of nitrogens with zero attached hydrogens (tertiary/aromatic N) is 2. The molecule has 0 atom stereocenters. The number of urea groups is 1. The Morgan fingerprint density at radius 3 is 2.57 bits per heavy atom. The molecule has 0 aliphatic rings. The molecule has 2 amide bonds. The molecule has 0 radical (unpaired) electrons. The summed E-state index contributed by atoms with van der Waals surface area (Å²) in [6.07, 6.45) is 0. The van der Waals surface area contributed by atoms with E-state index in [4.69, 9.17) is 9.47 Å². The summed E-state index contributed by atoms with van der Waals surface area (Å²) in [5, 5.41) is 14.5. The Morgan fingerprint density at radius 2 is 1.82 bits per heavy atom. The second kappa shape index (κ2) is 9.18. The van der Waals surface area contributed by atoms with Gasteiger partial charge in [0.15, 0.2) is 5.01 Å². The van der Waals surface area contributed by atoms with Crippen LogP contribution >= 0.6 is 11.3 Å². The van der Waals surface area contributed by atoms with Crippen LogP contribution in [-0.4, -0.2) is 22.8 Å². The van der Waals surface area contributed by atoms with E-state index in [1.807, 2.05) is 39.0 Å². The van der Waals surface area contributed by atoms with Crippen molar-refractivity contribution >= 4 is 28.2 Å². The van der Waals surface area contributed by atoms with Crippen molar-refractivity contribution in [1.29, 1.82) is 0 Å². The fourth-order valence-corrected chi connectivity index (χ4v) is 3.09. The lowest BCUT2D eigenvalue weighted by Gasteiger charge is -2.09. The molecular formula is C20H22N4O3S. The van der Waals surface area contributed by atoms with E-state index in [-0.39, 0.29) is 6.03 Å². The third-order valence-electron chi connectivity index (χ3n) is 4.02. The normalized spacial score (nSPS) is 10.4. The van der Waals surface area contributed by atoms with Crippen LogP contribution in [0.4, 0.5) is 15.6 Å². The van der Waals surface area contributed by atoms with Crippen LogP contribution < -0.4 is 20.1 Å². The van der Waals surface area contributed by atoms with E-state index in [2.05, 4.69) is 20.8 Å². The lowest BCUT2D eigenvalue weighted by molar-refractivity contribution is 0.262. The minimum atomic E-state index is -0.387. The summed E-state index contributed by atoms with van der Waals surface area (Å²) >= 11 is 1.27. The quantitative estimate of drug-likeness (QED) is 0.598. The standard InChI is InChI=1S/C20H22N4O3S/c1-4-26-16-10-8-15(9-11-16)21-19(25)22-20-24-23-18(28-20)12-27-17-7-5-6-13(2)14(17)3/h5-11H,4,12H2,1-3H3,(H2,21,22,24,25). The minimum Gasteiger partial charge on any atom is -0.494 e. The maximum absolute atomic E-state index is 12.1. The SMILES string of the molecule is CCOc1ccc(NC(=O)Nc2nnc(COc3cccc(C)c3C)s2)cc1. The van der Waals surface area contributed by atoms with Gasteiger partial charge >= 0.3 is 6.03 Å². The van der Waals surface area contributed by atoms with Crippen LogP contribution in [-0.2, 0) is 6.61 Å². The number of benzene rings is 2. The fraction of sp³-hybridized carbons (Fsp3) is 0.250. The molecule has 1 heterocycles. The Kier molecular flexibility index (Phi) is 6.44. The zero-order valence-corrected chi connectivity index (χ0v) is 16.8. The first-order chi connectivity index (χ1) is 13.5. The zero-order valence-electron chi connectivity index (χ0n) is 16.0. The van der Waals surface area contributed by atoms with Crippen LogP contribution in [0, 0.1) is 13.8 Å². The van der Waals surface area contributed by atoms with Gasteiger partial charge in [0.1, 0.15) is 18.1 Å². The van der Waals surface area contributed by atoms with Crippen LogP contribution in [0.25, 0.3) is 0 Å². The molecule has 146 valence electrons. The molecule has 0 spiro atoms. The summed E-state index contributed by atoms with van der Waals surface area (Å²) in [6, 6.07) is 12.7. The van der Waals surface area contributed by atoms with Gasteiger partial charge in [-0.15, -0.1) is 10.2 Å². The van der Waals surface area contributed by atoms with Crippen molar-refractivity contribution in [3.8, 4) is 11.5 Å². The molecule has 0 aliphatic heterocycles. The van der Waals surface area contributed by atoms with Gasteiger partial charge < -0.3 is 14.8 Å². The molecule has 8 heteroatoms. The predicted molar refractivity (Wildman–Crippen MR) is 110 cm³/mol. The molecule has 0 unspecified atom stereocenters. The first kappa shape index (κ1) is 19.6. The third-order valence-corrected chi connectivity index (χ3v) is 4.83. The Balaban J connectivity index is 1.52. The largest absolute Gasteiger partial charge is 0.494 e. The van der Waals surface area contributed by atoms with Gasteiger partial charge in [0.25, 0.3) is 0 Å². The van der Waals surface area contributed by atoms with Crippen LogP contribution in [0.2, 0.25) is 0 Å². The molecular weight excluding hydrogens is 376 g/mol. The number of hydrogen-bond acceptors (Lipinski definition) is 6. The first-order valence-electron chi connectivity index (χ1n) is 8.87. The van der Waals surface area contributed by atoms with Gasteiger partial charge in [0.2, 0.25) is 5.13 Å². The van der Waals surface area contributed by atoms with Gasteiger partial charge in [-0.05, 0) is 62.2 Å². The second-order valence-electron chi connectivity index (χ2n) is 6.02. The Bertz CT molecular complexity index is 941. The van der Waals surface area contributed by atoms with Crippen LogP contribution in [0.5, 0.6) is 11.5 Å². The molecule has 2 aromatic carbocycles. The number of hydrogen-bond donors (Lipinski definition) is 2. The molecule has 0 saturated carbocycles. The third kappa shape index (κ3) is 5.20. The lowest BCUT2D eigenvalue weighted by Crippen LogP contribution is -2.19. The maximum Gasteiger partial charge on any atom is 0.325 e. The van der Waals surface area contributed by atoms with Crippen molar-refractivity contribution in [3.63, 3.8) is 0 Å². The van der Waals surface area contributed by atoms with Gasteiger partial charge in [-0.1, -0.05) is 23.5 Å². The number of aromatic nitrogens is 2. The highest BCUT2D eigenvalue weighted by Crippen LogP contribution is 2.23. The minimum absolute atomic E-state index is 0.296. The maximum atomic E-state index is 12.1. The van der Waals surface area contributed by atoms with E-state index < -0.39 is 0 Å². The number of ether oxygens (including phenoxy) is 2. The molecule has 0 aliphatic carbocycles. The average Bonchev–Trinajstić information content (AvgIpc) is 3.12. The summed E-state index contributed by atoms with van der Waals surface area (Å²) in [6.45, 7) is 6.87. The van der Waals surface area contributed by atoms with E-state index in [1.54, 1.807) is 24.3 Å². The fourth-order valence-electron chi connectivity index (χ4n) is 2.44. The predicted octanol–water partition coefficient (Wildman–Crippen LogP) is 4.78. The number of nitrogens with one attached hydrogen (secondary N) is 2.